The third-order valence-corrected chi connectivity index (χ3v) is 6.81. The number of allylic oxidation sites excluding steroid dienone is 2. The van der Waals surface area contributed by atoms with E-state index in [1.54, 1.807) is 6.92 Å². The normalized spacial score (nSPS) is 15.8. The van der Waals surface area contributed by atoms with Crippen LogP contribution >= 0.6 is 0 Å². The smallest absolute Gasteiger partial charge is 0.251 e. The standard InChI is InChI=1S/C22H27N3O3S/c1-17(22(16-23)29(26,27)24-10-13-28-2)18-6-7-20-15-21(9-8-19(20)14-18)25-11-4-3-5-12-25/h6-9,14-15,24H,3-5,10-13H2,1-2H3/b22-17+. The van der Waals surface area contributed by atoms with Crippen molar-refractivity contribution in [2.24, 2.45) is 0 Å². The lowest BCUT2D eigenvalue weighted by Gasteiger charge is -2.29. The van der Waals surface area contributed by atoms with Crippen LogP contribution < -0.4 is 9.62 Å². The molecule has 1 aliphatic heterocycles. The van der Waals surface area contributed by atoms with Crippen molar-refractivity contribution < 1.29 is 13.2 Å². The Labute approximate surface area is 172 Å². The van der Waals surface area contributed by atoms with E-state index in [-0.39, 0.29) is 18.1 Å². The molecule has 0 aliphatic carbocycles. The molecule has 1 N–H and O–H groups in total. The molecular weight excluding hydrogens is 386 g/mol. The molecule has 0 radical (unpaired) electrons. The number of anilines is 1. The van der Waals surface area contributed by atoms with Crippen molar-refractivity contribution in [2.45, 2.75) is 26.2 Å². The first kappa shape index (κ1) is 21.3. The SMILES string of the molecule is COCCNS(=O)(=O)/C(C#N)=C(\C)c1ccc2cc(N3CCCCC3)ccc2c1. The summed E-state index contributed by atoms with van der Waals surface area (Å²) in [6.45, 7) is 4.20. The minimum Gasteiger partial charge on any atom is -0.383 e. The molecule has 0 unspecified atom stereocenters. The van der Waals surface area contributed by atoms with Crippen molar-refractivity contribution in [1.29, 1.82) is 5.26 Å². The van der Waals surface area contributed by atoms with Crippen LogP contribution in [-0.4, -0.2) is 41.8 Å². The molecule has 0 aromatic heterocycles. The van der Waals surface area contributed by atoms with Gasteiger partial charge in [0.2, 0.25) is 0 Å². The molecule has 1 aliphatic rings. The maximum absolute atomic E-state index is 12.5. The molecule has 0 amide bonds. The van der Waals surface area contributed by atoms with E-state index in [0.29, 0.717) is 5.57 Å². The fourth-order valence-corrected chi connectivity index (χ4v) is 4.78. The van der Waals surface area contributed by atoms with Crippen LogP contribution in [0.2, 0.25) is 0 Å². The summed E-state index contributed by atoms with van der Waals surface area (Å²) in [5.74, 6) is 0. The van der Waals surface area contributed by atoms with Crippen LogP contribution in [0.25, 0.3) is 16.3 Å². The summed E-state index contributed by atoms with van der Waals surface area (Å²) >= 11 is 0. The maximum Gasteiger partial charge on any atom is 0.251 e. The van der Waals surface area contributed by atoms with Gasteiger partial charge in [0.05, 0.1) is 6.61 Å². The zero-order chi connectivity index (χ0) is 20.9. The first-order valence-electron chi connectivity index (χ1n) is 9.85. The summed E-state index contributed by atoms with van der Waals surface area (Å²) in [5, 5.41) is 11.6. The van der Waals surface area contributed by atoms with Crippen LogP contribution in [0.5, 0.6) is 0 Å². The zero-order valence-corrected chi connectivity index (χ0v) is 17.8. The minimum atomic E-state index is -3.88. The number of piperidine rings is 1. The molecule has 2 aromatic carbocycles. The Morgan fingerprint density at radius 3 is 2.52 bits per heavy atom. The Morgan fingerprint density at radius 2 is 1.83 bits per heavy atom. The molecule has 6 nitrogen and oxygen atoms in total. The van der Waals surface area contributed by atoms with Gasteiger partial charge in [0, 0.05) is 32.4 Å². The molecule has 7 heteroatoms. The number of nitriles is 1. The van der Waals surface area contributed by atoms with Crippen molar-refractivity contribution in [3.8, 4) is 6.07 Å². The molecule has 0 saturated carbocycles. The fourth-order valence-electron chi connectivity index (χ4n) is 3.64. The predicted octanol–water partition coefficient (Wildman–Crippen LogP) is 3.65. The molecular formula is C22H27N3O3S. The second kappa shape index (κ2) is 9.40. The highest BCUT2D eigenvalue weighted by atomic mass is 32.2. The molecule has 1 saturated heterocycles. The molecule has 1 fully saturated rings. The highest BCUT2D eigenvalue weighted by Crippen LogP contribution is 2.29. The monoisotopic (exact) mass is 413 g/mol. The summed E-state index contributed by atoms with van der Waals surface area (Å²) in [5.41, 5.74) is 2.37. The van der Waals surface area contributed by atoms with Crippen LogP contribution in [0.3, 0.4) is 0 Å². The molecule has 1 heterocycles. The van der Waals surface area contributed by atoms with Gasteiger partial charge in [-0.15, -0.1) is 0 Å². The van der Waals surface area contributed by atoms with Gasteiger partial charge in [0.1, 0.15) is 6.07 Å². The van der Waals surface area contributed by atoms with Gasteiger partial charge in [-0.1, -0.05) is 18.2 Å². The van der Waals surface area contributed by atoms with Gasteiger partial charge >= 0.3 is 0 Å². The Kier molecular flexibility index (Phi) is 6.91. The van der Waals surface area contributed by atoms with Gasteiger partial charge in [-0.25, -0.2) is 13.1 Å². The molecule has 3 rings (SSSR count). The number of hydrogen-bond acceptors (Lipinski definition) is 5. The van der Waals surface area contributed by atoms with Crippen LogP contribution in [0.4, 0.5) is 5.69 Å². The lowest BCUT2D eigenvalue weighted by Crippen LogP contribution is -2.29. The summed E-state index contributed by atoms with van der Waals surface area (Å²) in [7, 11) is -2.39. The number of sulfonamides is 1. The van der Waals surface area contributed by atoms with Crippen LogP contribution in [0.15, 0.2) is 41.3 Å². The Hall–Kier alpha value is -2.40. The first-order chi connectivity index (χ1) is 14.0. The van der Waals surface area contributed by atoms with E-state index < -0.39 is 10.0 Å². The highest BCUT2D eigenvalue weighted by Gasteiger charge is 2.21. The first-order valence-corrected chi connectivity index (χ1v) is 11.3. The molecule has 2 aromatic rings. The Morgan fingerprint density at radius 1 is 1.14 bits per heavy atom. The summed E-state index contributed by atoms with van der Waals surface area (Å²) < 4.78 is 32.2. The number of fused-ring (bicyclic) bond motifs is 1. The lowest BCUT2D eigenvalue weighted by molar-refractivity contribution is 0.204. The number of nitrogens with zero attached hydrogens (tertiary/aromatic N) is 2. The number of ether oxygens (including phenoxy) is 1. The molecule has 29 heavy (non-hydrogen) atoms. The number of methoxy groups -OCH3 is 1. The van der Waals surface area contributed by atoms with E-state index in [0.717, 1.165) is 29.4 Å². The molecule has 0 spiro atoms. The van der Waals surface area contributed by atoms with Gasteiger partial charge in [-0.05, 0) is 66.3 Å². The van der Waals surface area contributed by atoms with Crippen molar-refractivity contribution >= 4 is 32.1 Å². The number of nitrogens with one attached hydrogen (secondary N) is 1. The number of rotatable bonds is 7. The van der Waals surface area contributed by atoms with E-state index in [9.17, 15) is 13.7 Å². The zero-order valence-electron chi connectivity index (χ0n) is 16.9. The second-order valence-corrected chi connectivity index (χ2v) is 8.95. The Balaban J connectivity index is 1.92. The van der Waals surface area contributed by atoms with Gasteiger partial charge in [0.25, 0.3) is 10.0 Å². The topological polar surface area (TPSA) is 82.4 Å². The number of hydrogen-bond donors (Lipinski definition) is 1. The third kappa shape index (κ3) is 4.96. The van der Waals surface area contributed by atoms with Crippen molar-refractivity contribution in [1.82, 2.24) is 4.72 Å². The molecule has 0 atom stereocenters. The van der Waals surface area contributed by atoms with Gasteiger partial charge < -0.3 is 9.64 Å². The van der Waals surface area contributed by atoms with Crippen LogP contribution in [0, 0.1) is 11.3 Å². The van der Waals surface area contributed by atoms with Crippen molar-refractivity contribution in [3.63, 3.8) is 0 Å². The van der Waals surface area contributed by atoms with Crippen LogP contribution in [-0.2, 0) is 14.8 Å². The third-order valence-electron chi connectivity index (χ3n) is 5.29. The quantitative estimate of drug-likeness (QED) is 0.553. The van der Waals surface area contributed by atoms with Crippen molar-refractivity contribution in [2.75, 3.05) is 38.3 Å². The van der Waals surface area contributed by atoms with Crippen molar-refractivity contribution in [3.05, 3.63) is 46.9 Å². The summed E-state index contributed by atoms with van der Waals surface area (Å²) in [6.07, 6.45) is 3.75. The summed E-state index contributed by atoms with van der Waals surface area (Å²) in [6, 6.07) is 14.0. The van der Waals surface area contributed by atoms with Gasteiger partial charge in [0.15, 0.2) is 4.91 Å². The minimum absolute atomic E-state index is 0.119. The average Bonchev–Trinajstić information content (AvgIpc) is 2.74. The van der Waals surface area contributed by atoms with E-state index in [4.69, 9.17) is 4.74 Å². The maximum atomic E-state index is 12.5. The predicted molar refractivity (Wildman–Crippen MR) is 117 cm³/mol. The van der Waals surface area contributed by atoms with E-state index >= 15 is 0 Å². The highest BCUT2D eigenvalue weighted by molar-refractivity contribution is 7.93. The van der Waals surface area contributed by atoms with Gasteiger partial charge in [-0.3, -0.25) is 0 Å². The van der Waals surface area contributed by atoms with E-state index in [2.05, 4.69) is 27.8 Å². The summed E-state index contributed by atoms with van der Waals surface area (Å²) in [4.78, 5) is 2.14. The molecule has 0 bridgehead atoms. The largest absolute Gasteiger partial charge is 0.383 e. The Bertz CT molecular complexity index is 1050. The lowest BCUT2D eigenvalue weighted by atomic mass is 10.0. The van der Waals surface area contributed by atoms with E-state index in [1.165, 1.54) is 32.1 Å². The van der Waals surface area contributed by atoms with Crippen LogP contribution in [0.1, 0.15) is 31.7 Å². The fraction of sp³-hybridized carbons (Fsp3) is 0.409. The van der Waals surface area contributed by atoms with Gasteiger partial charge in [-0.2, -0.15) is 5.26 Å². The second-order valence-electron chi connectivity index (χ2n) is 7.25. The number of benzene rings is 2. The average molecular weight is 414 g/mol. The van der Waals surface area contributed by atoms with E-state index in [1.807, 2.05) is 24.3 Å². The molecule has 154 valence electrons.